The number of aryl methyl sites for hydroxylation is 1. The molecule has 0 bridgehead atoms. The predicted molar refractivity (Wildman–Crippen MR) is 92.3 cm³/mol. The van der Waals surface area contributed by atoms with Crippen molar-refractivity contribution in [3.05, 3.63) is 44.3 Å². The second-order valence-corrected chi connectivity index (χ2v) is 6.36. The van der Waals surface area contributed by atoms with Gasteiger partial charge in [-0.25, -0.2) is 9.59 Å². The van der Waals surface area contributed by atoms with Crippen LogP contribution >= 0.6 is 0 Å². The molecule has 1 aromatic heterocycles. The number of benzene rings is 1. The summed E-state index contributed by atoms with van der Waals surface area (Å²) in [5.41, 5.74) is -0.148. The number of esters is 1. The molecule has 0 aliphatic heterocycles. The first-order chi connectivity index (χ1) is 12.4. The van der Waals surface area contributed by atoms with Gasteiger partial charge in [0.25, 0.3) is 0 Å². The molecule has 2 aromatic rings. The van der Waals surface area contributed by atoms with E-state index in [4.69, 9.17) is 13.9 Å². The molecule has 8 nitrogen and oxygen atoms in total. The average molecular weight is 361 g/mol. The number of carbonyl (C=O) groups is 1. The molecule has 26 heavy (non-hydrogen) atoms. The van der Waals surface area contributed by atoms with Crippen LogP contribution in [-0.2, 0) is 9.53 Å². The van der Waals surface area contributed by atoms with Gasteiger partial charge < -0.3 is 13.9 Å². The molecule has 1 fully saturated rings. The maximum absolute atomic E-state index is 11.9. The summed E-state index contributed by atoms with van der Waals surface area (Å²) in [7, 11) is 0. The van der Waals surface area contributed by atoms with Crippen LogP contribution in [0.15, 0.2) is 27.4 Å². The molecule has 138 valence electrons. The van der Waals surface area contributed by atoms with Crippen molar-refractivity contribution in [2.75, 3.05) is 6.61 Å². The molecular formula is C18H19NO7. The maximum Gasteiger partial charge on any atom is 0.344 e. The van der Waals surface area contributed by atoms with Crippen LogP contribution < -0.4 is 10.4 Å². The van der Waals surface area contributed by atoms with Gasteiger partial charge in [-0.2, -0.15) is 0 Å². The summed E-state index contributed by atoms with van der Waals surface area (Å²) in [6.07, 6.45) is 4.71. The predicted octanol–water partition coefficient (Wildman–Crippen LogP) is 3.26. The number of hydrogen-bond donors (Lipinski definition) is 0. The minimum Gasteiger partial charge on any atom is -0.475 e. The lowest BCUT2D eigenvalue weighted by atomic mass is 9.98. The molecule has 0 spiro atoms. The summed E-state index contributed by atoms with van der Waals surface area (Å²) < 4.78 is 15.7. The Labute approximate surface area is 148 Å². The average Bonchev–Trinajstić information content (AvgIpc) is 2.59. The quantitative estimate of drug-likeness (QED) is 0.348. The van der Waals surface area contributed by atoms with Gasteiger partial charge in [0.2, 0.25) is 5.75 Å². The number of nitro groups is 1. The lowest BCUT2D eigenvalue weighted by Gasteiger charge is -2.21. The Kier molecular flexibility index (Phi) is 5.20. The van der Waals surface area contributed by atoms with Crippen molar-refractivity contribution in [2.45, 2.75) is 45.1 Å². The van der Waals surface area contributed by atoms with E-state index in [1.54, 1.807) is 6.92 Å². The van der Waals surface area contributed by atoms with E-state index in [1.165, 1.54) is 18.2 Å². The van der Waals surface area contributed by atoms with Crippen LogP contribution in [-0.4, -0.2) is 23.6 Å². The van der Waals surface area contributed by atoms with Crippen LogP contribution in [0.2, 0.25) is 0 Å². The first-order valence-corrected chi connectivity index (χ1v) is 8.49. The first-order valence-electron chi connectivity index (χ1n) is 8.49. The van der Waals surface area contributed by atoms with Gasteiger partial charge in [-0.1, -0.05) is 6.42 Å². The van der Waals surface area contributed by atoms with E-state index in [9.17, 15) is 19.7 Å². The van der Waals surface area contributed by atoms with Crippen molar-refractivity contribution in [1.82, 2.24) is 0 Å². The Balaban J connectivity index is 1.79. The molecule has 1 aliphatic rings. The Hall–Kier alpha value is -2.90. The Morgan fingerprint density at radius 3 is 2.69 bits per heavy atom. The van der Waals surface area contributed by atoms with E-state index < -0.39 is 23.1 Å². The molecule has 0 saturated heterocycles. The standard InChI is InChI=1S/C18H19NO7/c1-11-7-17(20)26-15-9-16(14(19(22)23)8-13(11)15)24-10-18(21)25-12-5-3-2-4-6-12/h7-9,12H,2-6,10H2,1H3. The minimum absolute atomic E-state index is 0.118. The molecule has 0 radical (unpaired) electrons. The van der Waals surface area contributed by atoms with Gasteiger partial charge in [0.15, 0.2) is 6.61 Å². The van der Waals surface area contributed by atoms with Crippen LogP contribution in [0.5, 0.6) is 5.75 Å². The maximum atomic E-state index is 11.9. The van der Waals surface area contributed by atoms with Gasteiger partial charge in [0.1, 0.15) is 11.7 Å². The van der Waals surface area contributed by atoms with Crippen LogP contribution in [0.3, 0.4) is 0 Å². The van der Waals surface area contributed by atoms with Crippen LogP contribution in [0.25, 0.3) is 11.0 Å². The number of nitrogens with zero attached hydrogens (tertiary/aromatic N) is 1. The van der Waals surface area contributed by atoms with E-state index in [0.717, 1.165) is 32.1 Å². The lowest BCUT2D eigenvalue weighted by molar-refractivity contribution is -0.385. The summed E-state index contributed by atoms with van der Waals surface area (Å²) in [5, 5.41) is 11.8. The molecule has 0 N–H and O–H groups in total. The fourth-order valence-corrected chi connectivity index (χ4v) is 3.13. The molecule has 0 unspecified atom stereocenters. The van der Waals surface area contributed by atoms with Gasteiger partial charge in [-0.05, 0) is 38.2 Å². The van der Waals surface area contributed by atoms with E-state index in [0.29, 0.717) is 10.9 Å². The molecule has 1 aromatic carbocycles. The van der Waals surface area contributed by atoms with Crippen molar-refractivity contribution in [1.29, 1.82) is 0 Å². The molecule has 1 aliphatic carbocycles. The summed E-state index contributed by atoms with van der Waals surface area (Å²) in [5.74, 6) is -0.714. The fraction of sp³-hybridized carbons (Fsp3) is 0.444. The highest BCUT2D eigenvalue weighted by Gasteiger charge is 2.22. The number of hydrogen-bond acceptors (Lipinski definition) is 7. The van der Waals surface area contributed by atoms with Crippen LogP contribution in [0.1, 0.15) is 37.7 Å². The molecule has 1 heterocycles. The smallest absolute Gasteiger partial charge is 0.344 e. The van der Waals surface area contributed by atoms with Gasteiger partial charge in [0, 0.05) is 23.6 Å². The number of fused-ring (bicyclic) bond motifs is 1. The Bertz CT molecular complexity index is 896. The largest absolute Gasteiger partial charge is 0.475 e. The molecule has 8 heteroatoms. The normalized spacial score (nSPS) is 15.0. The summed E-state index contributed by atoms with van der Waals surface area (Å²) in [6, 6.07) is 3.79. The molecule has 1 saturated carbocycles. The lowest BCUT2D eigenvalue weighted by Crippen LogP contribution is -2.24. The third kappa shape index (κ3) is 4.01. The number of nitro benzene ring substituents is 1. The zero-order valence-electron chi connectivity index (χ0n) is 14.4. The zero-order valence-corrected chi connectivity index (χ0v) is 14.4. The molecule has 0 amide bonds. The number of rotatable bonds is 5. The van der Waals surface area contributed by atoms with Crippen molar-refractivity contribution < 1.29 is 23.6 Å². The monoisotopic (exact) mass is 361 g/mol. The summed E-state index contributed by atoms with van der Waals surface area (Å²) in [4.78, 5) is 34.2. The van der Waals surface area contributed by atoms with Gasteiger partial charge in [-0.15, -0.1) is 0 Å². The highest BCUT2D eigenvalue weighted by Crippen LogP contribution is 2.33. The van der Waals surface area contributed by atoms with Gasteiger partial charge in [-0.3, -0.25) is 10.1 Å². The SMILES string of the molecule is Cc1cc(=O)oc2cc(OCC(=O)OC3CCCCC3)c([N+](=O)[O-])cc12. The highest BCUT2D eigenvalue weighted by atomic mass is 16.6. The van der Waals surface area contributed by atoms with Crippen molar-refractivity contribution in [2.24, 2.45) is 0 Å². The molecular weight excluding hydrogens is 342 g/mol. The van der Waals surface area contributed by atoms with E-state index in [-0.39, 0.29) is 23.1 Å². The second-order valence-electron chi connectivity index (χ2n) is 6.36. The topological polar surface area (TPSA) is 109 Å². The van der Waals surface area contributed by atoms with E-state index in [2.05, 4.69) is 0 Å². The molecule has 3 rings (SSSR count). The second kappa shape index (κ2) is 7.55. The zero-order chi connectivity index (χ0) is 18.7. The summed E-state index contributed by atoms with van der Waals surface area (Å²) in [6.45, 7) is 1.21. The van der Waals surface area contributed by atoms with Crippen LogP contribution in [0, 0.1) is 17.0 Å². The highest BCUT2D eigenvalue weighted by molar-refractivity contribution is 5.85. The third-order valence-electron chi connectivity index (χ3n) is 4.42. The number of carbonyl (C=O) groups excluding carboxylic acids is 1. The minimum atomic E-state index is -0.605. The van der Waals surface area contributed by atoms with Gasteiger partial charge >= 0.3 is 17.3 Å². The van der Waals surface area contributed by atoms with Gasteiger partial charge in [0.05, 0.1) is 4.92 Å². The third-order valence-corrected chi connectivity index (χ3v) is 4.42. The van der Waals surface area contributed by atoms with Crippen molar-refractivity contribution in [3.8, 4) is 5.75 Å². The fourth-order valence-electron chi connectivity index (χ4n) is 3.13. The molecule has 0 atom stereocenters. The Morgan fingerprint density at radius 1 is 1.27 bits per heavy atom. The van der Waals surface area contributed by atoms with E-state index >= 15 is 0 Å². The van der Waals surface area contributed by atoms with Crippen molar-refractivity contribution >= 4 is 22.6 Å². The number of ether oxygens (including phenoxy) is 2. The van der Waals surface area contributed by atoms with Crippen LogP contribution in [0.4, 0.5) is 5.69 Å². The van der Waals surface area contributed by atoms with E-state index in [1.807, 2.05) is 0 Å². The Morgan fingerprint density at radius 2 is 2.00 bits per heavy atom. The summed E-state index contributed by atoms with van der Waals surface area (Å²) >= 11 is 0. The first kappa shape index (κ1) is 17.9. The van der Waals surface area contributed by atoms with Crippen molar-refractivity contribution in [3.63, 3.8) is 0 Å².